The monoisotopic (exact) mass is 408 g/mol. The molecule has 156 valence electrons. The molecule has 1 aliphatic carbocycles. The van der Waals surface area contributed by atoms with Crippen LogP contribution in [0.4, 0.5) is 0 Å². The van der Waals surface area contributed by atoms with E-state index in [1.165, 1.54) is 6.20 Å². The fourth-order valence-electron chi connectivity index (χ4n) is 3.76. The number of hydrogen-bond acceptors (Lipinski definition) is 6. The van der Waals surface area contributed by atoms with Gasteiger partial charge in [0.25, 0.3) is 5.56 Å². The Hall–Kier alpha value is -3.42. The van der Waals surface area contributed by atoms with Crippen LogP contribution >= 0.6 is 0 Å². The zero-order valence-electron chi connectivity index (χ0n) is 16.6. The normalized spacial score (nSPS) is 15.6. The van der Waals surface area contributed by atoms with E-state index < -0.39 is 11.9 Å². The molecule has 8 heteroatoms. The van der Waals surface area contributed by atoms with E-state index in [9.17, 15) is 9.59 Å². The number of hydrogen-bond donors (Lipinski definition) is 2. The number of ether oxygens (including phenoxy) is 2. The largest absolute Gasteiger partial charge is 0.490 e. The molecule has 1 fully saturated rings. The highest BCUT2D eigenvalue weighted by Gasteiger charge is 2.30. The average Bonchev–Trinajstić information content (AvgIpc) is 3.23. The maximum atomic E-state index is 13.3. The predicted octanol–water partition coefficient (Wildman–Crippen LogP) is 3.22. The third kappa shape index (κ3) is 4.27. The predicted molar refractivity (Wildman–Crippen MR) is 111 cm³/mol. The molecule has 2 heterocycles. The van der Waals surface area contributed by atoms with Gasteiger partial charge in [0, 0.05) is 0 Å². The summed E-state index contributed by atoms with van der Waals surface area (Å²) in [5.74, 6) is -0.532. The first-order chi connectivity index (χ1) is 14.7. The molecule has 0 radical (unpaired) electrons. The minimum Gasteiger partial charge on any atom is -0.490 e. The quantitative estimate of drug-likeness (QED) is 0.459. The van der Waals surface area contributed by atoms with Crippen molar-refractivity contribution in [1.29, 1.82) is 0 Å². The highest BCUT2D eigenvalue weighted by atomic mass is 16.5. The molecule has 1 saturated carbocycles. The molecule has 0 spiro atoms. The first-order valence-corrected chi connectivity index (χ1v) is 10.1. The summed E-state index contributed by atoms with van der Waals surface area (Å²) in [6.45, 7) is 3.99. The highest BCUT2D eigenvalue weighted by Crippen LogP contribution is 2.29. The molecule has 2 N–H and O–H groups in total. The zero-order chi connectivity index (χ0) is 20.9. The van der Waals surface area contributed by atoms with Crippen molar-refractivity contribution in [2.75, 3.05) is 6.61 Å². The second-order valence-corrected chi connectivity index (χ2v) is 7.39. The van der Waals surface area contributed by atoms with Gasteiger partial charge in [-0.1, -0.05) is 31.2 Å². The second-order valence-electron chi connectivity index (χ2n) is 7.39. The lowest BCUT2D eigenvalue weighted by atomic mass is 9.95. The van der Waals surface area contributed by atoms with E-state index in [-0.39, 0.29) is 17.5 Å². The van der Waals surface area contributed by atoms with Crippen LogP contribution in [0, 0.1) is 0 Å². The van der Waals surface area contributed by atoms with Crippen molar-refractivity contribution in [3.05, 3.63) is 64.9 Å². The third-order valence-corrected chi connectivity index (χ3v) is 5.24. The fourth-order valence-corrected chi connectivity index (χ4v) is 3.76. The number of rotatable bonds is 7. The Morgan fingerprint density at radius 1 is 1.30 bits per heavy atom. The Morgan fingerprint density at radius 2 is 2.13 bits per heavy atom. The lowest BCUT2D eigenvalue weighted by molar-refractivity contribution is -0.151. The zero-order valence-corrected chi connectivity index (χ0v) is 16.6. The summed E-state index contributed by atoms with van der Waals surface area (Å²) in [6, 6.07) is 7.14. The van der Waals surface area contributed by atoms with Crippen molar-refractivity contribution in [2.24, 2.45) is 0 Å². The van der Waals surface area contributed by atoms with Crippen LogP contribution in [0.15, 0.2) is 47.9 Å². The molecule has 1 atom stereocenters. The minimum atomic E-state index is -0.889. The SMILES string of the molecule is C=CCOc1cccc(C(C(=O)OC2CCCCC2)c2nc3[nH]ncc3c(=O)[nH]2)c1. The van der Waals surface area contributed by atoms with Gasteiger partial charge in [-0.15, -0.1) is 0 Å². The van der Waals surface area contributed by atoms with Crippen LogP contribution in [0.1, 0.15) is 49.4 Å². The number of aromatic amines is 2. The summed E-state index contributed by atoms with van der Waals surface area (Å²) in [7, 11) is 0. The van der Waals surface area contributed by atoms with Gasteiger partial charge in [-0.05, 0) is 43.4 Å². The van der Waals surface area contributed by atoms with E-state index >= 15 is 0 Å². The van der Waals surface area contributed by atoms with E-state index in [1.807, 2.05) is 0 Å². The van der Waals surface area contributed by atoms with Gasteiger partial charge >= 0.3 is 5.97 Å². The number of fused-ring (bicyclic) bond motifs is 1. The summed E-state index contributed by atoms with van der Waals surface area (Å²) >= 11 is 0. The molecule has 3 aromatic rings. The van der Waals surface area contributed by atoms with Crippen LogP contribution < -0.4 is 10.3 Å². The molecule has 1 aromatic carbocycles. The number of esters is 1. The van der Waals surface area contributed by atoms with Gasteiger partial charge < -0.3 is 14.5 Å². The van der Waals surface area contributed by atoms with Gasteiger partial charge in [0.05, 0.1) is 6.20 Å². The summed E-state index contributed by atoms with van der Waals surface area (Å²) < 4.78 is 11.4. The molecule has 0 saturated heterocycles. The average molecular weight is 408 g/mol. The van der Waals surface area contributed by atoms with Crippen LogP contribution in [-0.2, 0) is 9.53 Å². The summed E-state index contributed by atoms with van der Waals surface area (Å²) in [5, 5.41) is 6.90. The Bertz CT molecular complexity index is 1100. The fraction of sp³-hybridized carbons (Fsp3) is 0.364. The Kier molecular flexibility index (Phi) is 5.92. The molecule has 0 amide bonds. The number of carbonyl (C=O) groups excluding carboxylic acids is 1. The number of aromatic nitrogens is 4. The van der Waals surface area contributed by atoms with E-state index in [1.54, 1.807) is 30.3 Å². The maximum Gasteiger partial charge on any atom is 0.321 e. The van der Waals surface area contributed by atoms with Gasteiger partial charge in [-0.3, -0.25) is 14.7 Å². The molecule has 8 nitrogen and oxygen atoms in total. The molecule has 0 aliphatic heterocycles. The Labute approximate surface area is 173 Å². The van der Waals surface area contributed by atoms with Crippen molar-refractivity contribution >= 4 is 17.0 Å². The molecule has 1 aliphatic rings. The van der Waals surface area contributed by atoms with E-state index in [2.05, 4.69) is 26.7 Å². The molecule has 30 heavy (non-hydrogen) atoms. The number of nitrogens with zero attached hydrogens (tertiary/aromatic N) is 2. The van der Waals surface area contributed by atoms with Gasteiger partial charge in [-0.25, -0.2) is 4.98 Å². The lowest BCUT2D eigenvalue weighted by Gasteiger charge is -2.24. The van der Waals surface area contributed by atoms with Crippen molar-refractivity contribution in [2.45, 2.75) is 44.1 Å². The highest BCUT2D eigenvalue weighted by molar-refractivity contribution is 5.82. The first kappa shape index (κ1) is 19.9. The van der Waals surface area contributed by atoms with Crippen LogP contribution in [0.2, 0.25) is 0 Å². The van der Waals surface area contributed by atoms with Gasteiger partial charge in [0.15, 0.2) is 5.65 Å². The van der Waals surface area contributed by atoms with Crippen LogP contribution in [0.5, 0.6) is 5.75 Å². The minimum absolute atomic E-state index is 0.114. The van der Waals surface area contributed by atoms with Gasteiger partial charge in [0.2, 0.25) is 0 Å². The Balaban J connectivity index is 1.72. The maximum absolute atomic E-state index is 13.3. The van der Waals surface area contributed by atoms with Crippen LogP contribution in [0.25, 0.3) is 11.0 Å². The molecule has 0 bridgehead atoms. The van der Waals surface area contributed by atoms with Crippen LogP contribution in [-0.4, -0.2) is 38.8 Å². The van der Waals surface area contributed by atoms with Gasteiger partial charge in [-0.2, -0.15) is 5.10 Å². The smallest absolute Gasteiger partial charge is 0.321 e. The molecule has 2 aromatic heterocycles. The molecule has 4 rings (SSSR count). The van der Waals surface area contributed by atoms with Crippen molar-refractivity contribution in [3.8, 4) is 5.75 Å². The van der Waals surface area contributed by atoms with Crippen molar-refractivity contribution in [1.82, 2.24) is 20.2 Å². The first-order valence-electron chi connectivity index (χ1n) is 10.1. The van der Waals surface area contributed by atoms with E-state index in [4.69, 9.17) is 9.47 Å². The summed E-state index contributed by atoms with van der Waals surface area (Å²) in [6.07, 6.45) is 7.89. The topological polar surface area (TPSA) is 110 Å². The number of carbonyl (C=O) groups is 1. The number of benzene rings is 1. The molecule has 1 unspecified atom stereocenters. The summed E-state index contributed by atoms with van der Waals surface area (Å²) in [4.78, 5) is 32.9. The lowest BCUT2D eigenvalue weighted by Crippen LogP contribution is -2.28. The standard InChI is InChI=1S/C22H24N4O4/c1-2-11-29-16-10-6-7-14(12-16)18(22(28)30-15-8-4-3-5-9-15)20-24-19-17(13-23-26-19)21(27)25-20/h2,6-7,10,12-13,15,18H,1,3-5,8-9,11H2,(H2,23,24,25,26,27). The van der Waals surface area contributed by atoms with Gasteiger partial charge in [0.1, 0.15) is 35.6 Å². The third-order valence-electron chi connectivity index (χ3n) is 5.24. The van der Waals surface area contributed by atoms with E-state index in [0.29, 0.717) is 29.0 Å². The second kappa shape index (κ2) is 8.94. The number of nitrogens with one attached hydrogen (secondary N) is 2. The van der Waals surface area contributed by atoms with Crippen molar-refractivity contribution in [3.63, 3.8) is 0 Å². The molecular formula is C22H24N4O4. The molecular weight excluding hydrogens is 384 g/mol. The van der Waals surface area contributed by atoms with Crippen molar-refractivity contribution < 1.29 is 14.3 Å². The van der Waals surface area contributed by atoms with Crippen LogP contribution in [0.3, 0.4) is 0 Å². The number of H-pyrrole nitrogens is 2. The summed E-state index contributed by atoms with van der Waals surface area (Å²) in [5.41, 5.74) is 0.584. The van der Waals surface area contributed by atoms with E-state index in [0.717, 1.165) is 32.1 Å². The Morgan fingerprint density at radius 3 is 2.93 bits per heavy atom.